The molecule has 0 aromatic heterocycles. The molecule has 1 saturated heterocycles. The molecule has 1 aliphatic heterocycles. The van der Waals surface area contributed by atoms with E-state index in [1.54, 1.807) is 37.4 Å². The van der Waals surface area contributed by atoms with Gasteiger partial charge in [0.05, 0.1) is 18.4 Å². The highest BCUT2D eigenvalue weighted by atomic mass is 35.5. The Hall–Kier alpha value is -3.95. The monoisotopic (exact) mass is 565 g/mol. The molecule has 0 atom stereocenters. The van der Waals surface area contributed by atoms with Crippen LogP contribution in [0.3, 0.4) is 0 Å². The third kappa shape index (κ3) is 7.80. The third-order valence-corrected chi connectivity index (χ3v) is 6.82. The minimum Gasteiger partial charge on any atom is -0.495 e. The van der Waals surface area contributed by atoms with Gasteiger partial charge in [-0.15, -0.1) is 0 Å². The summed E-state index contributed by atoms with van der Waals surface area (Å²) in [6, 6.07) is 19.9. The lowest BCUT2D eigenvalue weighted by atomic mass is 10.1. The summed E-state index contributed by atoms with van der Waals surface area (Å²) in [4.78, 5) is 30.5. The van der Waals surface area contributed by atoms with Gasteiger partial charge in [0.15, 0.2) is 0 Å². The number of anilines is 4. The van der Waals surface area contributed by atoms with Crippen LogP contribution in [0, 0.1) is 0 Å². The first-order chi connectivity index (χ1) is 19.5. The zero-order valence-corrected chi connectivity index (χ0v) is 23.7. The number of hydrogen-bond donors (Lipinski definition) is 3. The van der Waals surface area contributed by atoms with E-state index < -0.39 is 6.03 Å². The summed E-state index contributed by atoms with van der Waals surface area (Å²) < 4.78 is 10.9. The van der Waals surface area contributed by atoms with E-state index in [2.05, 4.69) is 31.8 Å². The lowest BCUT2D eigenvalue weighted by molar-refractivity contribution is 0.0944. The van der Waals surface area contributed by atoms with Crippen LogP contribution in [0.2, 0.25) is 5.02 Å². The Morgan fingerprint density at radius 1 is 0.875 bits per heavy atom. The molecule has 1 aliphatic rings. The molecular formula is C30H36ClN5O4. The highest BCUT2D eigenvalue weighted by Crippen LogP contribution is 2.31. The Morgan fingerprint density at radius 2 is 1.57 bits per heavy atom. The smallest absolute Gasteiger partial charge is 0.323 e. The second-order valence-electron chi connectivity index (χ2n) is 9.27. The van der Waals surface area contributed by atoms with Crippen LogP contribution in [-0.4, -0.2) is 65.0 Å². The molecule has 1 heterocycles. The predicted molar refractivity (Wildman–Crippen MR) is 161 cm³/mol. The molecular weight excluding hydrogens is 530 g/mol. The molecule has 0 radical (unpaired) electrons. The Morgan fingerprint density at radius 3 is 2.27 bits per heavy atom. The normalized spacial score (nSPS) is 13.1. The second-order valence-corrected chi connectivity index (χ2v) is 9.71. The number of piperazine rings is 1. The van der Waals surface area contributed by atoms with Crippen LogP contribution >= 0.6 is 11.6 Å². The lowest BCUT2D eigenvalue weighted by Crippen LogP contribution is -2.47. The minimum absolute atomic E-state index is 0.197. The maximum absolute atomic E-state index is 13.3. The van der Waals surface area contributed by atoms with Gasteiger partial charge in [-0.25, -0.2) is 4.79 Å². The quantitative estimate of drug-likeness (QED) is 0.267. The standard InChI is InChI=1S/C30H36ClN5O4/c1-3-40-19-7-14-32-29(37)25-21-24(34-30(38)33-23-9-6-8-22(31)20-23)12-13-26(25)35-15-17-36(18-16-35)27-10-4-5-11-28(27)39-2/h4-6,8-13,20-21H,3,7,14-19H2,1-2H3,(H,32,37)(H2,33,34,38). The fourth-order valence-electron chi connectivity index (χ4n) is 4.63. The Kier molecular flexibility index (Phi) is 10.5. The zero-order chi connectivity index (χ0) is 28.3. The van der Waals surface area contributed by atoms with Gasteiger partial charge >= 0.3 is 6.03 Å². The third-order valence-electron chi connectivity index (χ3n) is 6.58. The number of hydrogen-bond acceptors (Lipinski definition) is 6. The lowest BCUT2D eigenvalue weighted by Gasteiger charge is -2.38. The molecule has 0 bridgehead atoms. The molecule has 4 rings (SSSR count). The molecule has 0 unspecified atom stereocenters. The maximum atomic E-state index is 13.3. The first kappa shape index (κ1) is 29.0. The van der Waals surface area contributed by atoms with E-state index >= 15 is 0 Å². The number of ether oxygens (including phenoxy) is 2. The van der Waals surface area contributed by atoms with Crippen LogP contribution in [0.15, 0.2) is 66.7 Å². The van der Waals surface area contributed by atoms with E-state index in [9.17, 15) is 9.59 Å². The molecule has 0 saturated carbocycles. The zero-order valence-electron chi connectivity index (χ0n) is 22.9. The number of urea groups is 1. The number of benzene rings is 3. The van der Waals surface area contributed by atoms with Crippen LogP contribution in [0.25, 0.3) is 0 Å². The summed E-state index contributed by atoms with van der Waals surface area (Å²) >= 11 is 6.03. The summed E-state index contributed by atoms with van der Waals surface area (Å²) in [6.07, 6.45) is 0.715. The highest BCUT2D eigenvalue weighted by molar-refractivity contribution is 6.30. The first-order valence-electron chi connectivity index (χ1n) is 13.4. The highest BCUT2D eigenvalue weighted by Gasteiger charge is 2.24. The fourth-order valence-corrected chi connectivity index (χ4v) is 4.82. The van der Waals surface area contributed by atoms with Gasteiger partial charge in [0, 0.05) is 68.0 Å². The van der Waals surface area contributed by atoms with Crippen molar-refractivity contribution in [2.75, 3.05) is 73.5 Å². The number of amides is 3. The van der Waals surface area contributed by atoms with Gasteiger partial charge in [0.1, 0.15) is 5.75 Å². The number of halogens is 1. The van der Waals surface area contributed by atoms with Crippen molar-refractivity contribution < 1.29 is 19.1 Å². The number of carbonyl (C=O) groups is 2. The van der Waals surface area contributed by atoms with Crippen molar-refractivity contribution in [1.82, 2.24) is 5.32 Å². The summed E-state index contributed by atoms with van der Waals surface area (Å²) in [5.41, 5.74) is 3.46. The van der Waals surface area contributed by atoms with E-state index in [1.807, 2.05) is 37.3 Å². The van der Waals surface area contributed by atoms with Crippen molar-refractivity contribution in [2.45, 2.75) is 13.3 Å². The summed E-state index contributed by atoms with van der Waals surface area (Å²) in [5, 5.41) is 9.12. The van der Waals surface area contributed by atoms with Crippen LogP contribution < -0.4 is 30.5 Å². The van der Waals surface area contributed by atoms with Gasteiger partial charge in [-0.3, -0.25) is 4.79 Å². The number of para-hydroxylation sites is 2. The molecule has 212 valence electrons. The number of nitrogens with one attached hydrogen (secondary N) is 3. The van der Waals surface area contributed by atoms with Crippen LogP contribution in [0.1, 0.15) is 23.7 Å². The number of nitrogens with zero attached hydrogens (tertiary/aromatic N) is 2. The van der Waals surface area contributed by atoms with Crippen LogP contribution in [0.4, 0.5) is 27.5 Å². The second kappa shape index (κ2) is 14.4. The van der Waals surface area contributed by atoms with Gasteiger partial charge in [0.25, 0.3) is 5.91 Å². The number of methoxy groups -OCH3 is 1. The van der Waals surface area contributed by atoms with Gasteiger partial charge < -0.3 is 35.2 Å². The van der Waals surface area contributed by atoms with Gasteiger partial charge in [-0.05, 0) is 61.9 Å². The molecule has 1 fully saturated rings. The molecule has 3 amide bonds. The topological polar surface area (TPSA) is 95.2 Å². The predicted octanol–water partition coefficient (Wildman–Crippen LogP) is 5.48. The Bertz CT molecular complexity index is 1300. The van der Waals surface area contributed by atoms with Crippen molar-refractivity contribution in [3.05, 3.63) is 77.3 Å². The number of rotatable bonds is 11. The van der Waals surface area contributed by atoms with Gasteiger partial charge in [-0.2, -0.15) is 0 Å². The van der Waals surface area contributed by atoms with Crippen molar-refractivity contribution >= 4 is 46.3 Å². The van der Waals surface area contributed by atoms with E-state index in [4.69, 9.17) is 21.1 Å². The van der Waals surface area contributed by atoms with E-state index in [1.165, 1.54) is 0 Å². The molecule has 40 heavy (non-hydrogen) atoms. The van der Waals surface area contributed by atoms with Crippen molar-refractivity contribution in [3.8, 4) is 5.75 Å². The fraction of sp³-hybridized carbons (Fsp3) is 0.333. The van der Waals surface area contributed by atoms with E-state index in [0.29, 0.717) is 48.1 Å². The molecule has 9 nitrogen and oxygen atoms in total. The van der Waals surface area contributed by atoms with Crippen molar-refractivity contribution in [2.24, 2.45) is 0 Å². The van der Waals surface area contributed by atoms with Crippen molar-refractivity contribution in [1.29, 1.82) is 0 Å². The van der Waals surface area contributed by atoms with Gasteiger partial charge in [0.2, 0.25) is 0 Å². The SMILES string of the molecule is CCOCCCNC(=O)c1cc(NC(=O)Nc2cccc(Cl)c2)ccc1N1CCN(c2ccccc2OC)CC1. The summed E-state index contributed by atoms with van der Waals surface area (Å²) in [5.74, 6) is 0.645. The summed E-state index contributed by atoms with van der Waals surface area (Å²) in [7, 11) is 1.68. The summed E-state index contributed by atoms with van der Waals surface area (Å²) in [6.45, 7) is 6.67. The van der Waals surface area contributed by atoms with Crippen molar-refractivity contribution in [3.63, 3.8) is 0 Å². The van der Waals surface area contributed by atoms with Crippen LogP contribution in [-0.2, 0) is 4.74 Å². The molecule has 3 aromatic rings. The Labute approximate surface area is 240 Å². The van der Waals surface area contributed by atoms with Gasteiger partial charge in [-0.1, -0.05) is 29.8 Å². The average Bonchev–Trinajstić information content (AvgIpc) is 2.97. The molecule has 3 aromatic carbocycles. The minimum atomic E-state index is -0.427. The molecule has 0 spiro atoms. The average molecular weight is 566 g/mol. The number of carbonyl (C=O) groups excluding carboxylic acids is 2. The molecule has 10 heteroatoms. The Balaban J connectivity index is 1.48. The maximum Gasteiger partial charge on any atom is 0.323 e. The van der Waals surface area contributed by atoms with E-state index in [0.717, 1.165) is 43.3 Å². The first-order valence-corrected chi connectivity index (χ1v) is 13.8. The molecule has 0 aliphatic carbocycles. The largest absolute Gasteiger partial charge is 0.495 e. The van der Waals surface area contributed by atoms with E-state index in [-0.39, 0.29) is 5.91 Å². The molecule has 3 N–H and O–H groups in total. The van der Waals surface area contributed by atoms with Crippen LogP contribution in [0.5, 0.6) is 5.75 Å².